The van der Waals surface area contributed by atoms with Crippen molar-refractivity contribution in [2.24, 2.45) is 0 Å². The lowest BCUT2D eigenvalue weighted by Gasteiger charge is -2.36. The normalized spacial score (nSPS) is 15.1. The van der Waals surface area contributed by atoms with E-state index in [1.807, 2.05) is 12.3 Å². The van der Waals surface area contributed by atoms with Gasteiger partial charge in [-0.05, 0) is 18.6 Å². The zero-order valence-corrected chi connectivity index (χ0v) is 12.4. The van der Waals surface area contributed by atoms with Crippen LogP contribution in [-0.4, -0.2) is 48.2 Å². The van der Waals surface area contributed by atoms with Crippen LogP contribution in [0.2, 0.25) is 0 Å². The number of ether oxygens (including phenoxy) is 1. The van der Waals surface area contributed by atoms with Crippen LogP contribution in [0, 0.1) is 6.92 Å². The Bertz CT molecular complexity index is 611. The molecule has 0 aliphatic carbocycles. The van der Waals surface area contributed by atoms with E-state index < -0.39 is 0 Å². The Labute approximate surface area is 124 Å². The second-order valence-electron chi connectivity index (χ2n) is 5.01. The molecule has 0 unspecified atom stereocenters. The highest BCUT2D eigenvalue weighted by Crippen LogP contribution is 2.25. The predicted octanol–water partition coefficient (Wildman–Crippen LogP) is 1.52. The average molecular weight is 285 g/mol. The van der Waals surface area contributed by atoms with Gasteiger partial charge in [-0.2, -0.15) is 0 Å². The molecular formula is C15H19N5O. The maximum Gasteiger partial charge on any atom is 0.257 e. The molecule has 3 heterocycles. The first kappa shape index (κ1) is 13.6. The number of nitrogens with zero attached hydrogens (tertiary/aromatic N) is 5. The summed E-state index contributed by atoms with van der Waals surface area (Å²) in [4.78, 5) is 17.6. The standard InChI is InChI=1S/C15H19N5O/c1-12-4-3-5-16-13(12)19-8-10-20(11-9-19)14-15(21-2)18-7-6-17-14/h3-7H,8-11H2,1-2H3. The number of methoxy groups -OCH3 is 1. The molecule has 0 amide bonds. The van der Waals surface area contributed by atoms with Gasteiger partial charge in [0, 0.05) is 44.8 Å². The Hall–Kier alpha value is -2.37. The van der Waals surface area contributed by atoms with Gasteiger partial charge in [0.25, 0.3) is 5.88 Å². The van der Waals surface area contributed by atoms with E-state index in [0.29, 0.717) is 5.88 Å². The number of pyridine rings is 1. The van der Waals surface area contributed by atoms with Gasteiger partial charge >= 0.3 is 0 Å². The minimum absolute atomic E-state index is 0.583. The van der Waals surface area contributed by atoms with Crippen molar-refractivity contribution in [3.8, 4) is 5.88 Å². The molecule has 0 spiro atoms. The van der Waals surface area contributed by atoms with Crippen molar-refractivity contribution in [2.75, 3.05) is 43.1 Å². The Balaban J connectivity index is 1.72. The molecule has 0 N–H and O–H groups in total. The van der Waals surface area contributed by atoms with Crippen LogP contribution >= 0.6 is 0 Å². The van der Waals surface area contributed by atoms with Crippen LogP contribution in [-0.2, 0) is 0 Å². The predicted molar refractivity (Wildman–Crippen MR) is 82.0 cm³/mol. The SMILES string of the molecule is COc1nccnc1N1CCN(c2ncccc2C)CC1. The molecule has 1 fully saturated rings. The van der Waals surface area contributed by atoms with Gasteiger partial charge in [0.15, 0.2) is 5.82 Å². The molecule has 2 aromatic heterocycles. The zero-order valence-electron chi connectivity index (χ0n) is 12.4. The molecule has 21 heavy (non-hydrogen) atoms. The van der Waals surface area contributed by atoms with Crippen molar-refractivity contribution in [3.05, 3.63) is 36.3 Å². The van der Waals surface area contributed by atoms with E-state index in [1.165, 1.54) is 5.56 Å². The molecule has 2 aromatic rings. The molecule has 3 rings (SSSR count). The summed E-state index contributed by atoms with van der Waals surface area (Å²) in [5, 5.41) is 0. The first-order chi connectivity index (χ1) is 10.3. The third-order valence-corrected chi connectivity index (χ3v) is 3.70. The number of aromatic nitrogens is 3. The largest absolute Gasteiger partial charge is 0.478 e. The molecule has 0 atom stereocenters. The third kappa shape index (κ3) is 2.74. The number of hydrogen-bond donors (Lipinski definition) is 0. The fourth-order valence-corrected chi connectivity index (χ4v) is 2.62. The minimum Gasteiger partial charge on any atom is -0.478 e. The van der Waals surface area contributed by atoms with Crippen LogP contribution in [0.25, 0.3) is 0 Å². The lowest BCUT2D eigenvalue weighted by molar-refractivity contribution is 0.394. The van der Waals surface area contributed by atoms with Gasteiger partial charge < -0.3 is 14.5 Å². The van der Waals surface area contributed by atoms with Gasteiger partial charge in [-0.3, -0.25) is 0 Å². The number of piperazine rings is 1. The van der Waals surface area contributed by atoms with Gasteiger partial charge in [-0.15, -0.1) is 0 Å². The highest BCUT2D eigenvalue weighted by Gasteiger charge is 2.22. The molecule has 110 valence electrons. The number of rotatable bonds is 3. The van der Waals surface area contributed by atoms with Gasteiger partial charge in [-0.25, -0.2) is 15.0 Å². The van der Waals surface area contributed by atoms with Crippen LogP contribution in [0.1, 0.15) is 5.56 Å². The van der Waals surface area contributed by atoms with E-state index in [4.69, 9.17) is 4.74 Å². The molecule has 0 radical (unpaired) electrons. The summed E-state index contributed by atoms with van der Waals surface area (Å²) in [5.74, 6) is 2.47. The van der Waals surface area contributed by atoms with Crippen LogP contribution in [0.15, 0.2) is 30.7 Å². The minimum atomic E-state index is 0.583. The van der Waals surface area contributed by atoms with E-state index in [0.717, 1.165) is 37.8 Å². The summed E-state index contributed by atoms with van der Waals surface area (Å²) in [5.41, 5.74) is 1.21. The van der Waals surface area contributed by atoms with Gasteiger partial charge in [-0.1, -0.05) is 6.07 Å². The van der Waals surface area contributed by atoms with E-state index in [9.17, 15) is 0 Å². The Kier molecular flexibility index (Phi) is 3.85. The Morgan fingerprint density at radius 1 is 0.905 bits per heavy atom. The van der Waals surface area contributed by atoms with Gasteiger partial charge in [0.1, 0.15) is 5.82 Å². The van der Waals surface area contributed by atoms with Crippen LogP contribution < -0.4 is 14.5 Å². The molecule has 1 saturated heterocycles. The molecule has 1 aliphatic rings. The quantitative estimate of drug-likeness (QED) is 0.852. The first-order valence-electron chi connectivity index (χ1n) is 7.06. The summed E-state index contributed by atoms with van der Waals surface area (Å²) in [7, 11) is 1.63. The fraction of sp³-hybridized carbons (Fsp3) is 0.400. The summed E-state index contributed by atoms with van der Waals surface area (Å²) in [6, 6.07) is 4.07. The summed E-state index contributed by atoms with van der Waals surface area (Å²) in [6.45, 7) is 5.69. The molecule has 1 aliphatic heterocycles. The molecule has 0 aromatic carbocycles. The highest BCUT2D eigenvalue weighted by molar-refractivity contribution is 5.52. The lowest BCUT2D eigenvalue weighted by Crippen LogP contribution is -2.47. The second kappa shape index (κ2) is 5.95. The van der Waals surface area contributed by atoms with Crippen molar-refractivity contribution in [1.29, 1.82) is 0 Å². The fourth-order valence-electron chi connectivity index (χ4n) is 2.62. The third-order valence-electron chi connectivity index (χ3n) is 3.70. The summed E-state index contributed by atoms with van der Waals surface area (Å²) < 4.78 is 5.29. The van der Waals surface area contributed by atoms with Crippen molar-refractivity contribution < 1.29 is 4.74 Å². The van der Waals surface area contributed by atoms with E-state index in [1.54, 1.807) is 19.5 Å². The second-order valence-corrected chi connectivity index (χ2v) is 5.01. The number of hydrogen-bond acceptors (Lipinski definition) is 6. The van der Waals surface area contributed by atoms with E-state index >= 15 is 0 Å². The molecule has 6 nitrogen and oxygen atoms in total. The Morgan fingerprint density at radius 3 is 2.19 bits per heavy atom. The number of aryl methyl sites for hydroxylation is 1. The van der Waals surface area contributed by atoms with Crippen LogP contribution in [0.3, 0.4) is 0 Å². The number of anilines is 2. The van der Waals surface area contributed by atoms with E-state index in [-0.39, 0.29) is 0 Å². The monoisotopic (exact) mass is 285 g/mol. The maximum atomic E-state index is 5.29. The van der Waals surface area contributed by atoms with E-state index in [2.05, 4.69) is 37.7 Å². The smallest absolute Gasteiger partial charge is 0.257 e. The summed E-state index contributed by atoms with van der Waals surface area (Å²) >= 11 is 0. The van der Waals surface area contributed by atoms with Gasteiger partial charge in [0.05, 0.1) is 7.11 Å². The maximum absolute atomic E-state index is 5.29. The van der Waals surface area contributed by atoms with Crippen molar-refractivity contribution in [2.45, 2.75) is 6.92 Å². The Morgan fingerprint density at radius 2 is 1.52 bits per heavy atom. The molecule has 0 bridgehead atoms. The first-order valence-corrected chi connectivity index (χ1v) is 7.06. The topological polar surface area (TPSA) is 54.4 Å². The molecular weight excluding hydrogens is 266 g/mol. The molecule has 6 heteroatoms. The van der Waals surface area contributed by atoms with Crippen molar-refractivity contribution >= 4 is 11.6 Å². The summed E-state index contributed by atoms with van der Waals surface area (Å²) in [6.07, 6.45) is 5.20. The van der Waals surface area contributed by atoms with Gasteiger partial charge in [0.2, 0.25) is 0 Å². The average Bonchev–Trinajstić information content (AvgIpc) is 2.55. The molecule has 0 saturated carbocycles. The zero-order chi connectivity index (χ0) is 14.7. The van der Waals surface area contributed by atoms with Crippen molar-refractivity contribution in [1.82, 2.24) is 15.0 Å². The van der Waals surface area contributed by atoms with Crippen LogP contribution in [0.5, 0.6) is 5.88 Å². The van der Waals surface area contributed by atoms with Crippen molar-refractivity contribution in [3.63, 3.8) is 0 Å². The van der Waals surface area contributed by atoms with Crippen LogP contribution in [0.4, 0.5) is 11.6 Å². The lowest BCUT2D eigenvalue weighted by atomic mass is 10.2. The highest BCUT2D eigenvalue weighted by atomic mass is 16.5.